The fourth-order valence-electron chi connectivity index (χ4n) is 6.81. The van der Waals surface area contributed by atoms with Crippen LogP contribution in [-0.2, 0) is 14.4 Å². The molecule has 5 rings (SSSR count). The monoisotopic (exact) mass is 782 g/mol. The maximum Gasteiger partial charge on any atom is 0.251 e. The molecule has 2 aliphatic heterocycles. The minimum Gasteiger partial charge on any atom is -0.391 e. The lowest BCUT2D eigenvalue weighted by Gasteiger charge is -2.36. The molecule has 1 aromatic heterocycles. The number of β-amino-alcohol motifs (C(OH)–C–C–N with tert-alkyl or cyclic N) is 1. The van der Waals surface area contributed by atoms with Gasteiger partial charge >= 0.3 is 0 Å². The first-order chi connectivity index (χ1) is 25.2. The number of benzene rings is 2. The number of aromatic nitrogens is 1. The maximum absolute atomic E-state index is 14.0. The van der Waals surface area contributed by atoms with Gasteiger partial charge in [0.2, 0.25) is 17.7 Å². The highest BCUT2D eigenvalue weighted by atomic mass is 35.5. The molecule has 3 heterocycles. The van der Waals surface area contributed by atoms with Gasteiger partial charge in [-0.05, 0) is 61.7 Å². The maximum atomic E-state index is 14.0. The number of aliphatic hydroxyl groups is 1. The number of carbonyl (C=O) groups is 4. The second kappa shape index (κ2) is 19.0. The van der Waals surface area contributed by atoms with Gasteiger partial charge in [-0.2, -0.15) is 0 Å². The van der Waals surface area contributed by atoms with E-state index < -0.39 is 41.3 Å². The molecule has 13 nitrogen and oxygen atoms in total. The molecule has 0 radical (unpaired) electrons. The van der Waals surface area contributed by atoms with Crippen molar-refractivity contribution in [2.24, 2.45) is 5.41 Å². The van der Waals surface area contributed by atoms with E-state index in [2.05, 4.69) is 36.1 Å². The third-order valence-electron chi connectivity index (χ3n) is 10.0. The number of hydrogen-bond donors (Lipinski definition) is 5. The number of thiazole rings is 1. The fraction of sp³-hybridized carbons (Fsp3) is 0.513. The number of piperazine rings is 1. The zero-order valence-electron chi connectivity index (χ0n) is 32.1. The van der Waals surface area contributed by atoms with Crippen LogP contribution < -0.4 is 26.2 Å². The zero-order chi connectivity index (χ0) is 38.3. The van der Waals surface area contributed by atoms with E-state index in [0.717, 1.165) is 66.7 Å². The summed E-state index contributed by atoms with van der Waals surface area (Å²) in [6.07, 6.45) is -0.803. The molecule has 0 spiro atoms. The Morgan fingerprint density at radius 1 is 0.981 bits per heavy atom. The quantitative estimate of drug-likeness (QED) is 0.176. The molecule has 0 unspecified atom stereocenters. The van der Waals surface area contributed by atoms with Gasteiger partial charge in [0, 0.05) is 63.5 Å². The van der Waals surface area contributed by atoms with Gasteiger partial charge in [-0.1, -0.05) is 45.0 Å². The van der Waals surface area contributed by atoms with Crippen molar-refractivity contribution < 1.29 is 24.3 Å². The molecule has 4 atom stereocenters. The summed E-state index contributed by atoms with van der Waals surface area (Å²) in [6.45, 7) is 14.7. The van der Waals surface area contributed by atoms with Crippen LogP contribution in [0.2, 0.25) is 0 Å². The Morgan fingerprint density at radius 3 is 2.24 bits per heavy atom. The lowest BCUT2D eigenvalue weighted by molar-refractivity contribution is -0.144. The summed E-state index contributed by atoms with van der Waals surface area (Å²) in [4.78, 5) is 65.2. The minimum absolute atomic E-state index is 0. The average Bonchev–Trinajstić information content (AvgIpc) is 3.76. The van der Waals surface area contributed by atoms with Crippen molar-refractivity contribution in [2.45, 2.75) is 65.3 Å². The number of rotatable bonds is 13. The fourth-order valence-corrected chi connectivity index (χ4v) is 7.62. The highest BCUT2D eigenvalue weighted by Gasteiger charge is 2.44. The lowest BCUT2D eigenvalue weighted by atomic mass is 9.85. The van der Waals surface area contributed by atoms with Crippen LogP contribution in [0.25, 0.3) is 10.4 Å². The van der Waals surface area contributed by atoms with Gasteiger partial charge < -0.3 is 36.2 Å². The largest absolute Gasteiger partial charge is 0.391 e. The van der Waals surface area contributed by atoms with E-state index in [4.69, 9.17) is 0 Å². The van der Waals surface area contributed by atoms with E-state index in [0.29, 0.717) is 5.56 Å². The van der Waals surface area contributed by atoms with E-state index in [1.807, 2.05) is 83.6 Å². The number of likely N-dealkylation sites (N-methyl/N-ethyl adjacent to an activating group) is 1. The SMILES string of the molecule is CNCCN1CCN(c2ccc(C(=O)NCC(=O)N[C@H](C(=O)N3C[C@H](O)C[C@H]3C(=O)N[C@@H](C)c3ccc(-c4scnc4C)cc3)C(C)(C)C)cc2)CC1.Cl. The van der Waals surface area contributed by atoms with Gasteiger partial charge in [0.05, 0.1) is 34.8 Å². The Labute approximate surface area is 328 Å². The molecule has 0 bridgehead atoms. The summed E-state index contributed by atoms with van der Waals surface area (Å²) in [5.74, 6) is -1.78. The topological polar surface area (TPSA) is 159 Å². The van der Waals surface area contributed by atoms with Crippen LogP contribution in [0.15, 0.2) is 54.0 Å². The van der Waals surface area contributed by atoms with Crippen LogP contribution in [0.5, 0.6) is 0 Å². The van der Waals surface area contributed by atoms with E-state index in [-0.39, 0.29) is 43.9 Å². The molecule has 0 saturated carbocycles. The summed E-state index contributed by atoms with van der Waals surface area (Å²) >= 11 is 1.57. The van der Waals surface area contributed by atoms with Crippen LogP contribution in [-0.4, -0.2) is 121 Å². The number of halogens is 1. The number of aliphatic hydroxyl groups excluding tert-OH is 1. The number of nitrogens with one attached hydrogen (secondary N) is 4. The summed E-state index contributed by atoms with van der Waals surface area (Å²) in [6, 6.07) is 13.0. The van der Waals surface area contributed by atoms with Gasteiger partial charge in [-0.15, -0.1) is 23.7 Å². The zero-order valence-corrected chi connectivity index (χ0v) is 33.7. The number of nitrogens with zero attached hydrogens (tertiary/aromatic N) is 4. The van der Waals surface area contributed by atoms with Crippen LogP contribution in [0.3, 0.4) is 0 Å². The first-order valence-corrected chi connectivity index (χ1v) is 19.2. The van der Waals surface area contributed by atoms with Crippen LogP contribution in [0, 0.1) is 12.3 Å². The second-order valence-electron chi connectivity index (χ2n) is 15.0. The van der Waals surface area contributed by atoms with Gasteiger partial charge in [0.15, 0.2) is 0 Å². The summed E-state index contributed by atoms with van der Waals surface area (Å²) in [7, 11) is 1.96. The molecular formula is C39H55ClN8O5S. The van der Waals surface area contributed by atoms with Crippen LogP contribution >= 0.6 is 23.7 Å². The number of aryl methyl sites for hydroxylation is 1. The highest BCUT2D eigenvalue weighted by molar-refractivity contribution is 7.13. The van der Waals surface area contributed by atoms with Gasteiger partial charge in [0.1, 0.15) is 12.1 Å². The van der Waals surface area contributed by atoms with Crippen molar-refractivity contribution in [3.63, 3.8) is 0 Å². The number of anilines is 1. The van der Waals surface area contributed by atoms with Gasteiger partial charge in [-0.3, -0.25) is 24.1 Å². The normalized spacial score (nSPS) is 18.7. The van der Waals surface area contributed by atoms with E-state index in [1.54, 1.807) is 23.5 Å². The Balaban J connectivity index is 0.00000650. The predicted molar refractivity (Wildman–Crippen MR) is 215 cm³/mol. The third kappa shape index (κ3) is 10.8. The van der Waals surface area contributed by atoms with Crippen molar-refractivity contribution in [1.29, 1.82) is 0 Å². The first kappa shape index (κ1) is 42.7. The number of carbonyl (C=O) groups excluding carboxylic acids is 4. The second-order valence-corrected chi connectivity index (χ2v) is 15.9. The van der Waals surface area contributed by atoms with Crippen molar-refractivity contribution in [2.75, 3.05) is 64.3 Å². The Kier molecular flexibility index (Phi) is 15.0. The predicted octanol–water partition coefficient (Wildman–Crippen LogP) is 2.98. The molecular weight excluding hydrogens is 728 g/mol. The minimum atomic E-state index is -1.01. The molecule has 2 fully saturated rings. The highest BCUT2D eigenvalue weighted by Crippen LogP contribution is 2.29. The van der Waals surface area contributed by atoms with E-state index in [9.17, 15) is 24.3 Å². The van der Waals surface area contributed by atoms with Crippen molar-refractivity contribution in [3.05, 3.63) is 70.9 Å². The Morgan fingerprint density at radius 2 is 1.65 bits per heavy atom. The van der Waals surface area contributed by atoms with E-state index in [1.165, 1.54) is 4.90 Å². The van der Waals surface area contributed by atoms with E-state index >= 15 is 0 Å². The smallest absolute Gasteiger partial charge is 0.251 e. The van der Waals surface area contributed by atoms with Crippen LogP contribution in [0.1, 0.15) is 61.8 Å². The Hall–Kier alpha value is -4.08. The third-order valence-corrected chi connectivity index (χ3v) is 11.0. The molecule has 54 heavy (non-hydrogen) atoms. The van der Waals surface area contributed by atoms with Gasteiger partial charge in [-0.25, -0.2) is 4.98 Å². The molecule has 0 aliphatic carbocycles. The van der Waals surface area contributed by atoms with Crippen molar-refractivity contribution in [1.82, 2.24) is 36.1 Å². The Bertz CT molecular complexity index is 1720. The number of amides is 4. The van der Waals surface area contributed by atoms with Gasteiger partial charge in [0.25, 0.3) is 5.91 Å². The van der Waals surface area contributed by atoms with Crippen molar-refractivity contribution >= 4 is 53.1 Å². The summed E-state index contributed by atoms with van der Waals surface area (Å²) in [5, 5.41) is 22.2. The number of hydrogen-bond acceptors (Lipinski definition) is 10. The molecule has 4 amide bonds. The average molecular weight is 783 g/mol. The molecule has 2 aromatic carbocycles. The number of likely N-dealkylation sites (tertiary alicyclic amines) is 1. The molecule has 2 aliphatic rings. The standard InChI is InChI=1S/C39H54N8O5S.ClH/c1-25(27-7-9-28(10-8-27)34-26(2)42-24-53-34)43-37(51)32-21-31(48)23-47(32)38(52)35(39(3,4)5)44-33(49)22-41-36(50)29-11-13-30(14-12-29)46-19-17-45(18-20-46)16-15-40-6;/h7-14,24-25,31-32,35,40,48H,15-23H2,1-6H3,(H,41,50)(H,43,51)(H,44,49);1H/t25-,31+,32-,35+;/m0./s1. The molecule has 2 saturated heterocycles. The first-order valence-electron chi connectivity index (χ1n) is 18.3. The summed E-state index contributed by atoms with van der Waals surface area (Å²) < 4.78 is 0. The summed E-state index contributed by atoms with van der Waals surface area (Å²) in [5.41, 5.74) is 5.46. The molecule has 294 valence electrons. The van der Waals surface area contributed by atoms with Crippen molar-refractivity contribution in [3.8, 4) is 10.4 Å². The molecule has 15 heteroatoms. The molecule has 5 N–H and O–H groups in total. The molecule has 3 aromatic rings. The lowest BCUT2D eigenvalue weighted by Crippen LogP contribution is -2.58. The van der Waals surface area contributed by atoms with Crippen LogP contribution in [0.4, 0.5) is 5.69 Å².